The van der Waals surface area contributed by atoms with Gasteiger partial charge in [-0.1, -0.05) is 11.6 Å². The number of methoxy groups -OCH3 is 1. The fourth-order valence-electron chi connectivity index (χ4n) is 1.44. The minimum absolute atomic E-state index is 0.342. The van der Waals surface area contributed by atoms with Crippen LogP contribution in [0.1, 0.15) is 10.4 Å². The first-order valence-electron chi connectivity index (χ1n) is 4.71. The summed E-state index contributed by atoms with van der Waals surface area (Å²) in [4.78, 5) is 16.1. The first-order valence-corrected chi connectivity index (χ1v) is 5.91. The van der Waals surface area contributed by atoms with E-state index in [2.05, 4.69) is 4.98 Å². The zero-order valence-corrected chi connectivity index (χ0v) is 10.5. The fourth-order valence-corrected chi connectivity index (χ4v) is 2.38. The predicted molar refractivity (Wildman–Crippen MR) is 67.6 cm³/mol. The van der Waals surface area contributed by atoms with E-state index in [0.717, 1.165) is 10.4 Å². The van der Waals surface area contributed by atoms with Crippen molar-refractivity contribution in [3.05, 3.63) is 34.4 Å². The number of hydrogen-bond donors (Lipinski definition) is 1. The first kappa shape index (κ1) is 11.9. The summed E-state index contributed by atoms with van der Waals surface area (Å²) in [7, 11) is 1.49. The quantitative estimate of drug-likeness (QED) is 0.930. The Bertz CT molecular complexity index is 568. The molecule has 1 aromatic heterocycles. The summed E-state index contributed by atoms with van der Waals surface area (Å²) in [5.74, 6) is -0.0730. The molecule has 6 heteroatoms. The van der Waals surface area contributed by atoms with Crippen molar-refractivity contribution in [1.82, 2.24) is 4.98 Å². The minimum Gasteiger partial charge on any atom is -0.496 e. The molecule has 0 radical (unpaired) electrons. The number of thiazole rings is 1. The highest BCUT2D eigenvalue weighted by Gasteiger charge is 2.11. The predicted octanol–water partition coefficient (Wildman–Crippen LogP) is 2.57. The van der Waals surface area contributed by atoms with Gasteiger partial charge in [0.1, 0.15) is 5.75 Å². The zero-order chi connectivity index (χ0) is 12.4. The molecule has 0 spiro atoms. The van der Waals surface area contributed by atoms with Crippen LogP contribution in [0, 0.1) is 0 Å². The normalized spacial score (nSPS) is 10.2. The van der Waals surface area contributed by atoms with Crippen LogP contribution in [0.3, 0.4) is 0 Å². The number of nitrogens with two attached hydrogens (primary N) is 1. The number of hydrogen-bond acceptors (Lipinski definition) is 4. The largest absolute Gasteiger partial charge is 0.496 e. The molecule has 0 fully saturated rings. The summed E-state index contributed by atoms with van der Waals surface area (Å²) < 4.78 is 5.52. The van der Waals surface area contributed by atoms with Crippen LogP contribution in [0.5, 0.6) is 5.75 Å². The molecule has 0 bridgehead atoms. The number of primary amides is 1. The number of rotatable bonds is 3. The standard InChI is InChI=1S/C11H9ClN2O2S/c1-16-8-3-2-6(4-7(8)10(13)15)9-5-14-11(12)17-9/h2-5H,1H3,(H2,13,15). The molecular formula is C11H9ClN2O2S. The first-order chi connectivity index (χ1) is 8.11. The van der Waals surface area contributed by atoms with Gasteiger partial charge in [-0.3, -0.25) is 4.79 Å². The number of carbonyl (C=O) groups is 1. The monoisotopic (exact) mass is 268 g/mol. The Labute approximate surface area is 107 Å². The topological polar surface area (TPSA) is 65.2 Å². The van der Waals surface area contributed by atoms with Crippen molar-refractivity contribution in [3.8, 4) is 16.2 Å². The molecule has 88 valence electrons. The molecule has 4 nitrogen and oxygen atoms in total. The van der Waals surface area contributed by atoms with Gasteiger partial charge in [-0.25, -0.2) is 4.98 Å². The van der Waals surface area contributed by atoms with Gasteiger partial charge in [0, 0.05) is 6.20 Å². The van der Waals surface area contributed by atoms with Crippen molar-refractivity contribution in [2.24, 2.45) is 5.73 Å². The molecule has 0 saturated carbocycles. The van der Waals surface area contributed by atoms with Gasteiger partial charge < -0.3 is 10.5 Å². The van der Waals surface area contributed by atoms with Crippen molar-refractivity contribution in [1.29, 1.82) is 0 Å². The highest BCUT2D eigenvalue weighted by Crippen LogP contribution is 2.31. The second-order valence-corrected chi connectivity index (χ2v) is 4.87. The highest BCUT2D eigenvalue weighted by molar-refractivity contribution is 7.18. The SMILES string of the molecule is COc1ccc(-c2cnc(Cl)s2)cc1C(N)=O. The number of halogens is 1. The van der Waals surface area contributed by atoms with Gasteiger partial charge in [-0.15, -0.1) is 11.3 Å². The molecule has 2 aromatic rings. The Morgan fingerprint density at radius 3 is 2.82 bits per heavy atom. The zero-order valence-electron chi connectivity index (χ0n) is 8.94. The summed E-state index contributed by atoms with van der Waals surface area (Å²) in [6, 6.07) is 5.20. The maximum Gasteiger partial charge on any atom is 0.252 e. The highest BCUT2D eigenvalue weighted by atomic mass is 35.5. The lowest BCUT2D eigenvalue weighted by molar-refractivity contribution is 0.0997. The number of amides is 1. The van der Waals surface area contributed by atoms with E-state index in [1.807, 2.05) is 6.07 Å². The molecule has 0 saturated heterocycles. The van der Waals surface area contributed by atoms with Crippen LogP contribution >= 0.6 is 22.9 Å². The maximum absolute atomic E-state index is 11.3. The van der Waals surface area contributed by atoms with Crippen molar-refractivity contribution in [2.75, 3.05) is 7.11 Å². The van der Waals surface area contributed by atoms with Crippen LogP contribution < -0.4 is 10.5 Å². The summed E-state index contributed by atoms with van der Waals surface area (Å²) in [6.45, 7) is 0. The van der Waals surface area contributed by atoms with Gasteiger partial charge in [-0.2, -0.15) is 0 Å². The van der Waals surface area contributed by atoms with Gasteiger partial charge in [-0.05, 0) is 23.8 Å². The third-order valence-electron chi connectivity index (χ3n) is 2.23. The second-order valence-electron chi connectivity index (χ2n) is 3.26. The molecule has 0 atom stereocenters. The number of ether oxygens (including phenoxy) is 1. The van der Waals surface area contributed by atoms with Crippen molar-refractivity contribution in [2.45, 2.75) is 0 Å². The molecule has 1 heterocycles. The summed E-state index contributed by atoms with van der Waals surface area (Å²) >= 11 is 7.10. The number of nitrogens with zero attached hydrogens (tertiary/aromatic N) is 1. The Morgan fingerprint density at radius 1 is 1.53 bits per heavy atom. The van der Waals surface area contributed by atoms with Crippen LogP contribution in [-0.4, -0.2) is 18.0 Å². The lowest BCUT2D eigenvalue weighted by Crippen LogP contribution is -2.12. The Kier molecular flexibility index (Phi) is 3.31. The van der Waals surface area contributed by atoms with E-state index < -0.39 is 5.91 Å². The molecule has 0 aliphatic rings. The van der Waals surface area contributed by atoms with E-state index in [1.165, 1.54) is 18.4 Å². The van der Waals surface area contributed by atoms with E-state index in [1.54, 1.807) is 18.3 Å². The van der Waals surface area contributed by atoms with Gasteiger partial charge >= 0.3 is 0 Å². The van der Waals surface area contributed by atoms with Crippen LogP contribution in [0.15, 0.2) is 24.4 Å². The van der Waals surface area contributed by atoms with E-state index in [0.29, 0.717) is 15.8 Å². The second kappa shape index (κ2) is 4.73. The average Bonchev–Trinajstić information content (AvgIpc) is 2.75. The Balaban J connectivity index is 2.50. The number of carbonyl (C=O) groups excluding carboxylic acids is 1. The maximum atomic E-state index is 11.3. The van der Waals surface area contributed by atoms with Gasteiger partial charge in [0.15, 0.2) is 4.47 Å². The molecule has 0 aliphatic heterocycles. The number of aromatic nitrogens is 1. The van der Waals surface area contributed by atoms with Gasteiger partial charge in [0.05, 0.1) is 17.6 Å². The van der Waals surface area contributed by atoms with Crippen LogP contribution in [0.2, 0.25) is 4.47 Å². The summed E-state index contributed by atoms with van der Waals surface area (Å²) in [5.41, 5.74) is 6.46. The molecule has 2 rings (SSSR count). The van der Waals surface area contributed by atoms with Gasteiger partial charge in [0.2, 0.25) is 0 Å². The van der Waals surface area contributed by atoms with E-state index in [9.17, 15) is 4.79 Å². The van der Waals surface area contributed by atoms with E-state index in [4.69, 9.17) is 22.1 Å². The van der Waals surface area contributed by atoms with Gasteiger partial charge in [0.25, 0.3) is 5.91 Å². The molecule has 1 aromatic carbocycles. The molecule has 0 unspecified atom stereocenters. The average molecular weight is 269 g/mol. The lowest BCUT2D eigenvalue weighted by atomic mass is 10.1. The molecule has 17 heavy (non-hydrogen) atoms. The van der Waals surface area contributed by atoms with E-state index in [-0.39, 0.29) is 0 Å². The Morgan fingerprint density at radius 2 is 2.29 bits per heavy atom. The molecular weight excluding hydrogens is 260 g/mol. The lowest BCUT2D eigenvalue weighted by Gasteiger charge is -2.06. The molecule has 0 aliphatic carbocycles. The summed E-state index contributed by atoms with van der Waals surface area (Å²) in [6.07, 6.45) is 1.65. The minimum atomic E-state index is -0.528. The third-order valence-corrected chi connectivity index (χ3v) is 3.39. The smallest absolute Gasteiger partial charge is 0.252 e. The van der Waals surface area contributed by atoms with Crippen LogP contribution in [0.25, 0.3) is 10.4 Å². The number of benzene rings is 1. The van der Waals surface area contributed by atoms with Crippen molar-refractivity contribution in [3.63, 3.8) is 0 Å². The molecule has 2 N–H and O–H groups in total. The Hall–Kier alpha value is -1.59. The van der Waals surface area contributed by atoms with Crippen molar-refractivity contribution >= 4 is 28.8 Å². The van der Waals surface area contributed by atoms with Crippen molar-refractivity contribution < 1.29 is 9.53 Å². The van der Waals surface area contributed by atoms with Crippen LogP contribution in [-0.2, 0) is 0 Å². The van der Waals surface area contributed by atoms with Crippen LogP contribution in [0.4, 0.5) is 0 Å². The summed E-state index contributed by atoms with van der Waals surface area (Å²) in [5, 5.41) is 0. The fraction of sp³-hybridized carbons (Fsp3) is 0.0909. The van der Waals surface area contributed by atoms with E-state index >= 15 is 0 Å². The molecule has 1 amide bonds. The third kappa shape index (κ3) is 2.40.